The van der Waals surface area contributed by atoms with Crippen LogP contribution in [0, 0.1) is 18.6 Å². The van der Waals surface area contributed by atoms with Crippen LogP contribution in [-0.4, -0.2) is 42.8 Å². The zero-order valence-electron chi connectivity index (χ0n) is 19.0. The van der Waals surface area contributed by atoms with Gasteiger partial charge in [-0.25, -0.2) is 8.78 Å². The molecular weight excluding hydrogens is 440 g/mol. The van der Waals surface area contributed by atoms with E-state index in [9.17, 15) is 13.9 Å². The summed E-state index contributed by atoms with van der Waals surface area (Å²) in [6.07, 6.45) is 3.00. The first-order chi connectivity index (χ1) is 16.3. The SMILES string of the molecule is Cc1ccc(-c2nc3[n+]([nH]2)CCN([C@H](C)[C@](O)(C[n+]2cnc[nH]2)c2ccc(F)cc2F)C3)cc1. The van der Waals surface area contributed by atoms with Crippen LogP contribution in [0.2, 0.25) is 0 Å². The molecule has 0 radical (unpaired) electrons. The van der Waals surface area contributed by atoms with Crippen LogP contribution in [0.5, 0.6) is 0 Å². The molecule has 1 aliphatic rings. The van der Waals surface area contributed by atoms with E-state index in [1.807, 2.05) is 42.8 Å². The molecule has 176 valence electrons. The third-order valence-corrected chi connectivity index (χ3v) is 6.63. The van der Waals surface area contributed by atoms with Crippen LogP contribution in [0.25, 0.3) is 11.4 Å². The topological polar surface area (TPSA) is 88.6 Å². The number of aliphatic hydroxyl groups is 1. The van der Waals surface area contributed by atoms with Crippen molar-refractivity contribution in [2.24, 2.45) is 0 Å². The predicted molar refractivity (Wildman–Crippen MR) is 118 cm³/mol. The summed E-state index contributed by atoms with van der Waals surface area (Å²) in [7, 11) is 0. The standard InChI is InChI=1S/C24H25F2N7O/c1-16-3-5-18(6-4-16)23-29-22-12-31(9-10-33(22)30-23)17(2)24(34,13-32-15-27-14-28-32)20-8-7-19(25)11-21(20)26/h3-8,11,14-15,17,34H,9-10,12-13H2,1-2H3/p+2/t17-,24-/m1/s1. The molecule has 2 atom stereocenters. The first-order valence-electron chi connectivity index (χ1n) is 11.2. The lowest BCUT2D eigenvalue weighted by Crippen LogP contribution is -2.61. The molecule has 3 heterocycles. The minimum absolute atomic E-state index is 0.0163. The third kappa shape index (κ3) is 4.10. The van der Waals surface area contributed by atoms with Crippen LogP contribution in [-0.2, 0) is 25.2 Å². The Morgan fingerprint density at radius 2 is 2.00 bits per heavy atom. The van der Waals surface area contributed by atoms with E-state index in [-0.39, 0.29) is 12.1 Å². The summed E-state index contributed by atoms with van der Waals surface area (Å²) in [4.78, 5) is 10.8. The molecule has 2 aromatic carbocycles. The van der Waals surface area contributed by atoms with Gasteiger partial charge in [0.1, 0.15) is 36.9 Å². The normalized spacial score (nSPS) is 16.7. The molecule has 0 saturated heterocycles. The van der Waals surface area contributed by atoms with Crippen LogP contribution in [0.1, 0.15) is 23.9 Å². The number of aromatic amines is 2. The highest BCUT2D eigenvalue weighted by Crippen LogP contribution is 2.32. The number of H-pyrrole nitrogens is 2. The van der Waals surface area contributed by atoms with Crippen molar-refractivity contribution in [2.75, 3.05) is 6.54 Å². The first-order valence-corrected chi connectivity index (χ1v) is 11.2. The molecule has 0 spiro atoms. The number of benzene rings is 2. The van der Waals surface area contributed by atoms with Gasteiger partial charge in [0, 0.05) is 29.8 Å². The Balaban J connectivity index is 1.45. The largest absolute Gasteiger partial charge is 0.379 e. The van der Waals surface area contributed by atoms with Gasteiger partial charge < -0.3 is 5.11 Å². The van der Waals surface area contributed by atoms with Crippen LogP contribution in [0.3, 0.4) is 0 Å². The molecule has 3 N–H and O–H groups in total. The highest BCUT2D eigenvalue weighted by atomic mass is 19.1. The van der Waals surface area contributed by atoms with E-state index < -0.39 is 23.3 Å². The summed E-state index contributed by atoms with van der Waals surface area (Å²) in [6, 6.07) is 10.9. The average molecular weight is 468 g/mol. The number of halogens is 2. The Morgan fingerprint density at radius 3 is 2.71 bits per heavy atom. The molecule has 34 heavy (non-hydrogen) atoms. The van der Waals surface area contributed by atoms with E-state index >= 15 is 0 Å². The Morgan fingerprint density at radius 1 is 1.21 bits per heavy atom. The van der Waals surface area contributed by atoms with Gasteiger partial charge >= 0.3 is 12.2 Å². The summed E-state index contributed by atoms with van der Waals surface area (Å²) in [5.74, 6) is 0.120. The van der Waals surface area contributed by atoms with E-state index in [1.54, 1.807) is 4.68 Å². The van der Waals surface area contributed by atoms with E-state index in [0.29, 0.717) is 19.6 Å². The Kier molecular flexibility index (Phi) is 5.70. The maximum atomic E-state index is 14.9. The molecule has 8 nitrogen and oxygen atoms in total. The minimum Gasteiger partial charge on any atom is -0.379 e. The first kappa shape index (κ1) is 22.3. The van der Waals surface area contributed by atoms with Crippen LogP contribution in [0.15, 0.2) is 55.1 Å². The number of hydrogen-bond acceptors (Lipinski definition) is 4. The summed E-state index contributed by atoms with van der Waals surface area (Å²) >= 11 is 0. The van der Waals surface area contributed by atoms with E-state index in [2.05, 4.69) is 20.1 Å². The number of fused-ring (bicyclic) bond motifs is 1. The zero-order chi connectivity index (χ0) is 23.9. The van der Waals surface area contributed by atoms with Crippen LogP contribution >= 0.6 is 0 Å². The smallest absolute Gasteiger partial charge is 0.333 e. The molecular formula is C24H27F2N7O+2. The summed E-state index contributed by atoms with van der Waals surface area (Å²) in [5, 5.41) is 18.1. The minimum atomic E-state index is -1.66. The fraction of sp³-hybridized carbons (Fsp3) is 0.333. The molecule has 4 aromatic rings. The second kappa shape index (κ2) is 8.69. The number of hydrogen-bond donors (Lipinski definition) is 3. The highest BCUT2D eigenvalue weighted by Gasteiger charge is 2.45. The summed E-state index contributed by atoms with van der Waals surface area (Å²) in [5.41, 5.74) is 0.542. The second-order valence-electron chi connectivity index (χ2n) is 8.85. The lowest BCUT2D eigenvalue weighted by Gasteiger charge is -2.40. The van der Waals surface area contributed by atoms with Gasteiger partial charge in [0.15, 0.2) is 0 Å². The fourth-order valence-corrected chi connectivity index (χ4v) is 4.56. The lowest BCUT2D eigenvalue weighted by molar-refractivity contribution is -0.768. The predicted octanol–water partition coefficient (Wildman–Crippen LogP) is 1.75. The van der Waals surface area contributed by atoms with Gasteiger partial charge in [-0.05, 0) is 42.0 Å². The monoisotopic (exact) mass is 467 g/mol. The van der Waals surface area contributed by atoms with Gasteiger partial charge in [0.25, 0.3) is 5.82 Å². The summed E-state index contributed by atoms with van der Waals surface area (Å²) in [6.45, 7) is 5.62. The zero-order valence-corrected chi connectivity index (χ0v) is 19.0. The fourth-order valence-electron chi connectivity index (χ4n) is 4.56. The highest BCUT2D eigenvalue weighted by molar-refractivity contribution is 5.54. The third-order valence-electron chi connectivity index (χ3n) is 6.63. The second-order valence-corrected chi connectivity index (χ2v) is 8.85. The molecule has 0 unspecified atom stereocenters. The van der Waals surface area contributed by atoms with E-state index in [1.165, 1.54) is 30.4 Å². The van der Waals surface area contributed by atoms with E-state index in [4.69, 9.17) is 4.98 Å². The molecule has 0 bridgehead atoms. The molecule has 0 fully saturated rings. The Hall–Kier alpha value is -3.50. The van der Waals surface area contributed by atoms with Gasteiger partial charge in [-0.3, -0.25) is 4.90 Å². The molecule has 0 saturated carbocycles. The number of rotatable bonds is 6. The maximum Gasteiger partial charge on any atom is 0.333 e. The molecule has 0 amide bonds. The van der Waals surface area contributed by atoms with Crippen molar-refractivity contribution in [1.82, 2.24) is 25.1 Å². The van der Waals surface area contributed by atoms with Crippen molar-refractivity contribution in [3.8, 4) is 11.4 Å². The summed E-state index contributed by atoms with van der Waals surface area (Å²) < 4.78 is 32.1. The van der Waals surface area contributed by atoms with Crippen molar-refractivity contribution in [2.45, 2.75) is 45.1 Å². The van der Waals surface area contributed by atoms with Crippen molar-refractivity contribution in [3.05, 3.63) is 83.7 Å². The Labute approximate surface area is 195 Å². The molecule has 10 heteroatoms. The molecule has 2 aromatic heterocycles. The van der Waals surface area contributed by atoms with Crippen LogP contribution < -0.4 is 9.36 Å². The number of aryl methyl sites for hydroxylation is 1. The Bertz CT molecular complexity index is 1290. The van der Waals surface area contributed by atoms with Gasteiger partial charge in [-0.1, -0.05) is 23.8 Å². The van der Waals surface area contributed by atoms with E-state index in [0.717, 1.165) is 23.3 Å². The molecule has 0 aliphatic carbocycles. The van der Waals surface area contributed by atoms with Gasteiger partial charge in [-0.15, -0.1) is 0 Å². The number of nitrogens with zero attached hydrogens (tertiary/aromatic N) is 5. The lowest BCUT2D eigenvalue weighted by atomic mass is 9.85. The van der Waals surface area contributed by atoms with Crippen molar-refractivity contribution >= 4 is 0 Å². The van der Waals surface area contributed by atoms with Crippen LogP contribution in [0.4, 0.5) is 8.78 Å². The quantitative estimate of drug-likeness (QED) is 0.377. The van der Waals surface area contributed by atoms with Crippen molar-refractivity contribution in [1.29, 1.82) is 0 Å². The number of aromatic nitrogens is 6. The van der Waals surface area contributed by atoms with Gasteiger partial charge in [0.2, 0.25) is 6.33 Å². The van der Waals surface area contributed by atoms with Crippen molar-refractivity contribution < 1.29 is 23.3 Å². The average Bonchev–Trinajstić information content (AvgIpc) is 3.48. The number of nitrogens with one attached hydrogen (secondary N) is 2. The van der Waals surface area contributed by atoms with Gasteiger partial charge in [-0.2, -0.15) is 19.6 Å². The molecule has 1 aliphatic heterocycles. The van der Waals surface area contributed by atoms with Gasteiger partial charge in [0.05, 0.1) is 0 Å². The van der Waals surface area contributed by atoms with Crippen molar-refractivity contribution in [3.63, 3.8) is 0 Å². The molecule has 5 rings (SSSR count). The maximum absolute atomic E-state index is 14.9.